The Balaban J connectivity index is 0.000000142. The first-order chi connectivity index (χ1) is 52.6. The molecule has 15 rings (SSSR count). The maximum absolute atomic E-state index is 13.2. The van der Waals surface area contributed by atoms with Gasteiger partial charge in [-0.05, 0) is 195 Å². The summed E-state index contributed by atoms with van der Waals surface area (Å²) in [5.41, 5.74) is 17.6. The minimum Gasteiger partial charge on any atom is -0.218 e. The van der Waals surface area contributed by atoms with Gasteiger partial charge in [0.2, 0.25) is 0 Å². The first kappa shape index (κ1) is 79.7. The van der Waals surface area contributed by atoms with Gasteiger partial charge in [0.25, 0.3) is 0 Å². The average Bonchev–Trinajstić information content (AvgIpc) is 0.830. The van der Waals surface area contributed by atoms with Gasteiger partial charge in [-0.15, -0.1) is 0 Å². The van der Waals surface area contributed by atoms with E-state index in [4.69, 9.17) is 24.9 Å². The number of rotatable bonds is 12. The van der Waals surface area contributed by atoms with E-state index < -0.39 is 0 Å². The van der Waals surface area contributed by atoms with Gasteiger partial charge in [-0.2, -0.15) is 0 Å². The smallest absolute Gasteiger partial charge is 0.218 e. The van der Waals surface area contributed by atoms with E-state index >= 15 is 0 Å². The molecule has 0 aliphatic rings. The lowest BCUT2D eigenvalue weighted by molar-refractivity contribution is 0.328. The van der Waals surface area contributed by atoms with Crippen LogP contribution in [0.15, 0.2) is 389 Å². The first-order valence-corrected chi connectivity index (χ1v) is 37.2. The van der Waals surface area contributed by atoms with Crippen LogP contribution in [0.3, 0.4) is 0 Å². The minimum absolute atomic E-state index is 0.0754. The highest BCUT2D eigenvalue weighted by Crippen LogP contribution is 2.37. The fraction of sp³-hybridized carbons (Fsp3) is 0.147. The third kappa shape index (κ3) is 24.1. The Labute approximate surface area is 648 Å². The van der Waals surface area contributed by atoms with Crippen molar-refractivity contribution in [1.29, 1.82) is 0 Å². The molecule has 0 radical (unpaired) electrons. The highest BCUT2D eigenvalue weighted by molar-refractivity contribution is 6.30. The topological polar surface area (TPSA) is 33.9 Å². The number of halogens is 4. The quantitative estimate of drug-likeness (QED) is 0.0903. The molecule has 12 aromatic carbocycles. The first-order valence-electron chi connectivity index (χ1n) is 36.9. The van der Waals surface area contributed by atoms with Gasteiger partial charge in [-0.3, -0.25) is 0 Å². The number of hydrogen-bond acceptors (Lipinski definition) is 0. The van der Waals surface area contributed by atoms with Crippen LogP contribution < -0.4 is 0 Å². The van der Waals surface area contributed by atoms with Gasteiger partial charge >= 0.3 is 34.6 Å². The molecule has 546 valence electrons. The summed E-state index contributed by atoms with van der Waals surface area (Å²) in [5.74, 6) is 5.22. The van der Waals surface area contributed by atoms with E-state index in [1.165, 1.54) is 86.5 Å². The molecular weight excluding hydrogens is 1370 g/mol. The Bertz CT molecular complexity index is 4710. The SMILES string of the molecule is Cc1cc(C(C)(C)C)[o+]c(C(C)(C)C)c1.Cc1cc(C)[o+]c(C)c1.Clc1ccc(C(c2ccccc2)c2ccccc2)cc1.Fc1ccc(C(c2ccc(F)cc2)c2ccc(F)cc2)cc1.c1ccc(-c2cc(-c3ccccc3)[o+]c(-c3ccccc3)c2)cc1.c1ccc(C(c2ccccc2)c2ccccc2)cc1. The molecule has 109 heavy (non-hydrogen) atoms. The molecule has 3 heterocycles. The van der Waals surface area contributed by atoms with Gasteiger partial charge in [0, 0.05) is 52.6 Å². The van der Waals surface area contributed by atoms with Crippen molar-refractivity contribution in [3.05, 3.63) is 483 Å². The molecule has 0 saturated heterocycles. The van der Waals surface area contributed by atoms with Gasteiger partial charge in [-0.25, -0.2) is 26.4 Å². The van der Waals surface area contributed by atoms with E-state index in [-0.39, 0.29) is 40.1 Å². The molecule has 0 spiro atoms. The molecule has 0 unspecified atom stereocenters. The lowest BCUT2D eigenvalue weighted by atomic mass is 9.85. The van der Waals surface area contributed by atoms with Crippen LogP contribution in [0.5, 0.6) is 0 Å². The van der Waals surface area contributed by atoms with Crippen LogP contribution in [0.4, 0.5) is 13.2 Å². The second-order valence-corrected chi connectivity index (χ2v) is 29.4. The summed E-state index contributed by atoms with van der Waals surface area (Å²) in [6.07, 6.45) is 0. The Morgan fingerprint density at radius 1 is 0.239 bits per heavy atom. The summed E-state index contributed by atoms with van der Waals surface area (Å²) in [5, 5.41) is 0.772. The highest BCUT2D eigenvalue weighted by Gasteiger charge is 2.33. The normalized spacial score (nSPS) is 10.9. The van der Waals surface area contributed by atoms with Gasteiger partial charge in [0.05, 0.1) is 47.9 Å². The van der Waals surface area contributed by atoms with E-state index in [0.717, 1.165) is 73.0 Å². The lowest BCUT2D eigenvalue weighted by Crippen LogP contribution is -2.16. The number of hydrogen-bond donors (Lipinski definition) is 0. The minimum atomic E-state index is -0.319. The van der Waals surface area contributed by atoms with Gasteiger partial charge in [-0.1, -0.05) is 279 Å². The van der Waals surface area contributed by atoms with Gasteiger partial charge in [0.15, 0.2) is 0 Å². The zero-order valence-corrected chi connectivity index (χ0v) is 64.5. The molecule has 0 fully saturated rings. The van der Waals surface area contributed by atoms with Crippen LogP contribution in [0.1, 0.15) is 144 Å². The predicted octanol–water partition coefficient (Wildman–Crippen LogP) is 29.2. The number of benzene rings is 12. The van der Waals surface area contributed by atoms with Crippen molar-refractivity contribution in [3.63, 3.8) is 0 Å². The fourth-order valence-corrected chi connectivity index (χ4v) is 12.9. The monoisotopic (exact) mass is 1460 g/mol. The predicted molar refractivity (Wildman–Crippen MR) is 448 cm³/mol. The molecule has 7 heteroatoms. The molecule has 0 atom stereocenters. The van der Waals surface area contributed by atoms with Crippen molar-refractivity contribution in [2.24, 2.45) is 0 Å². The second kappa shape index (κ2) is 39.1. The van der Waals surface area contributed by atoms with Crippen molar-refractivity contribution in [1.82, 2.24) is 0 Å². The van der Waals surface area contributed by atoms with E-state index in [1.54, 1.807) is 36.4 Å². The Morgan fingerprint density at radius 3 is 0.725 bits per heavy atom. The van der Waals surface area contributed by atoms with Crippen LogP contribution in [-0.2, 0) is 10.8 Å². The summed E-state index contributed by atoms with van der Waals surface area (Å²) in [4.78, 5) is 0. The van der Waals surface area contributed by atoms with Crippen LogP contribution in [-0.4, -0.2) is 0 Å². The molecule has 3 nitrogen and oxygen atoms in total. The zero-order chi connectivity index (χ0) is 77.1. The standard InChI is InChI=1S/C23H17O.C19H15Cl.C19H13F3.C19H16.C14H23O.C8H11O/c1-4-10-18(11-5-1)21-16-22(19-12-6-2-7-13-19)24-23(17-21)20-14-8-3-9-15-20;20-18-13-11-17(12-14-18)19(15-7-3-1-4-8-15)16-9-5-2-6-10-16;20-16-7-1-13(2-8-16)19(14-3-9-17(21)10-4-14)15-5-11-18(22)12-6-15;1-4-10-16(11-5-1)19(17-12-6-2-7-13-17)18-14-8-3-9-15-18;1-10-8-11(13(2,3)4)15-12(9-10)14(5,6)7;1-6-4-7(2)9-8(3)5-6/h1-17H;1-14,19H;1-12,19H;1-15,19H;8-9H,1-7H3;4-5H,1-3H3/q+1;;;;2*+1. The van der Waals surface area contributed by atoms with E-state index in [2.05, 4.69) is 280 Å². The summed E-state index contributed by atoms with van der Waals surface area (Å²) in [6, 6.07) is 123. The molecule has 0 bridgehead atoms. The van der Waals surface area contributed by atoms with Crippen molar-refractivity contribution >= 4 is 11.6 Å². The van der Waals surface area contributed by atoms with Crippen molar-refractivity contribution in [2.75, 3.05) is 0 Å². The van der Waals surface area contributed by atoms with Crippen LogP contribution in [0, 0.1) is 45.1 Å². The van der Waals surface area contributed by atoms with E-state index in [9.17, 15) is 13.2 Å². The molecule has 3 aromatic heterocycles. The second-order valence-electron chi connectivity index (χ2n) is 29.0. The summed E-state index contributed by atoms with van der Waals surface area (Å²) >= 11 is 6.01. The Kier molecular flexibility index (Phi) is 28.6. The molecule has 0 N–H and O–H groups in total. The Hall–Kier alpha value is -11.8. The largest absolute Gasteiger partial charge is 0.361 e. The summed E-state index contributed by atoms with van der Waals surface area (Å²) in [6.45, 7) is 21.2. The third-order valence-corrected chi connectivity index (χ3v) is 18.3. The average molecular weight is 1460 g/mol. The van der Waals surface area contributed by atoms with Crippen molar-refractivity contribution in [3.8, 4) is 33.8 Å². The molecule has 0 amide bonds. The highest BCUT2D eigenvalue weighted by atomic mass is 35.5. The van der Waals surface area contributed by atoms with Crippen molar-refractivity contribution < 1.29 is 26.4 Å². The van der Waals surface area contributed by atoms with Crippen LogP contribution >= 0.6 is 11.6 Å². The third-order valence-electron chi connectivity index (χ3n) is 18.1. The van der Waals surface area contributed by atoms with Gasteiger partial charge in [0.1, 0.15) is 17.5 Å². The molecule has 15 aromatic rings. The van der Waals surface area contributed by atoms with Gasteiger partial charge < -0.3 is 0 Å². The summed E-state index contributed by atoms with van der Waals surface area (Å²) in [7, 11) is 0. The number of aryl methyl sites for hydroxylation is 4. The summed E-state index contributed by atoms with van der Waals surface area (Å²) < 4.78 is 56.9. The fourth-order valence-electron chi connectivity index (χ4n) is 12.7. The lowest BCUT2D eigenvalue weighted by Gasteiger charge is -2.19. The molecule has 0 saturated carbocycles. The zero-order valence-electron chi connectivity index (χ0n) is 63.8. The van der Waals surface area contributed by atoms with Crippen LogP contribution in [0.2, 0.25) is 5.02 Å². The Morgan fingerprint density at radius 2 is 0.468 bits per heavy atom. The van der Waals surface area contributed by atoms with Crippen LogP contribution in [0.25, 0.3) is 33.8 Å². The van der Waals surface area contributed by atoms with E-state index in [0.29, 0.717) is 5.92 Å². The molecular formula is C102H95ClF3O3+3. The molecule has 0 aliphatic carbocycles. The maximum atomic E-state index is 13.2. The van der Waals surface area contributed by atoms with Crippen molar-refractivity contribution in [2.45, 2.75) is 97.8 Å². The maximum Gasteiger partial charge on any atom is 0.361 e. The molecule has 0 aliphatic heterocycles. The van der Waals surface area contributed by atoms with E-state index in [1.807, 2.05) is 92.7 Å².